The first-order valence-electron chi connectivity index (χ1n) is 13.8. The van der Waals surface area contributed by atoms with Crippen LogP contribution >= 0.6 is 11.8 Å². The molecule has 0 bridgehead atoms. The molecule has 43 heavy (non-hydrogen) atoms. The topological polar surface area (TPSA) is 126 Å². The van der Waals surface area contributed by atoms with Crippen molar-refractivity contribution in [3.63, 3.8) is 0 Å². The summed E-state index contributed by atoms with van der Waals surface area (Å²) in [6, 6.07) is 14.0. The van der Waals surface area contributed by atoms with Crippen LogP contribution in [0.4, 0.5) is 10.2 Å². The second-order valence-electron chi connectivity index (χ2n) is 10.5. The van der Waals surface area contributed by atoms with Crippen molar-refractivity contribution in [2.45, 2.75) is 18.3 Å². The summed E-state index contributed by atoms with van der Waals surface area (Å²) in [5.74, 6) is -0.181. The smallest absolute Gasteiger partial charge is 0.265 e. The van der Waals surface area contributed by atoms with Gasteiger partial charge in [-0.05, 0) is 61.0 Å². The molecule has 11 nitrogen and oxygen atoms in total. The Bertz CT molecular complexity index is 1830. The minimum absolute atomic E-state index is 0.0689. The lowest BCUT2D eigenvalue weighted by molar-refractivity contribution is -0.112. The maximum atomic E-state index is 13.7. The summed E-state index contributed by atoms with van der Waals surface area (Å²) < 4.78 is 17.4. The van der Waals surface area contributed by atoms with E-state index in [1.165, 1.54) is 23.9 Å². The summed E-state index contributed by atoms with van der Waals surface area (Å²) in [7, 11) is 0. The van der Waals surface area contributed by atoms with Crippen LogP contribution in [-0.4, -0.2) is 71.3 Å². The van der Waals surface area contributed by atoms with Gasteiger partial charge in [-0.3, -0.25) is 14.7 Å². The number of imidazole rings is 2. The van der Waals surface area contributed by atoms with Crippen LogP contribution in [0.3, 0.4) is 0 Å². The number of carbonyl (C=O) groups excluding carboxylic acids is 1. The van der Waals surface area contributed by atoms with Crippen LogP contribution in [0.5, 0.6) is 0 Å². The molecule has 1 amide bonds. The summed E-state index contributed by atoms with van der Waals surface area (Å²) in [4.78, 5) is 29.3. The van der Waals surface area contributed by atoms with Gasteiger partial charge in [0.2, 0.25) is 0 Å². The zero-order chi connectivity index (χ0) is 29.5. The van der Waals surface area contributed by atoms with Gasteiger partial charge in [0.25, 0.3) is 5.91 Å². The number of nitrogens with zero attached hydrogens (tertiary/aromatic N) is 7. The number of allylic oxidation sites excluding steroid dienone is 1. The summed E-state index contributed by atoms with van der Waals surface area (Å²) in [5, 5.41) is 20.4. The molecule has 0 saturated carbocycles. The highest BCUT2D eigenvalue weighted by molar-refractivity contribution is 8.04. The van der Waals surface area contributed by atoms with Crippen molar-refractivity contribution in [2.75, 3.05) is 31.6 Å². The monoisotopic (exact) mass is 597 g/mol. The predicted octanol–water partition coefficient (Wildman–Crippen LogP) is 3.85. The van der Waals surface area contributed by atoms with Crippen molar-refractivity contribution >= 4 is 29.1 Å². The standard InChI is InChI=1S/C30H28FN9O2S/c1-18-28(43-30(34-18)20-8-10-32-11-9-20)29(42)36-24-16-40-25(35-24)7-6-23(37-40)27-26(19-2-4-21(31)5-3-19)33-17-39(27)22-14-38(15-22)12-13-41/h2-11,16-17,22,30,34,41H,12-15H2,1H3,(H,36,42). The molecule has 3 N–H and O–H groups in total. The number of pyridine rings is 1. The third-order valence-corrected chi connectivity index (χ3v) is 8.96. The average Bonchev–Trinajstić information content (AvgIpc) is 3.71. The molecule has 5 aromatic rings. The number of likely N-dealkylation sites (tertiary alicyclic amines) is 1. The van der Waals surface area contributed by atoms with Crippen molar-refractivity contribution in [3.8, 4) is 22.6 Å². The van der Waals surface area contributed by atoms with Crippen molar-refractivity contribution in [2.24, 2.45) is 0 Å². The van der Waals surface area contributed by atoms with Crippen LogP contribution in [0.1, 0.15) is 23.9 Å². The number of hydrogen-bond acceptors (Lipinski definition) is 9. The van der Waals surface area contributed by atoms with Crippen molar-refractivity contribution in [3.05, 3.63) is 95.4 Å². The lowest BCUT2D eigenvalue weighted by Gasteiger charge is -2.40. The van der Waals surface area contributed by atoms with Gasteiger partial charge in [0.15, 0.2) is 11.5 Å². The third kappa shape index (κ3) is 5.26. The predicted molar refractivity (Wildman–Crippen MR) is 161 cm³/mol. The number of halogens is 1. The van der Waals surface area contributed by atoms with Crippen molar-refractivity contribution < 1.29 is 14.3 Å². The molecule has 1 unspecified atom stereocenters. The van der Waals surface area contributed by atoms with Gasteiger partial charge in [0.1, 0.15) is 16.9 Å². The second kappa shape index (κ2) is 11.2. The second-order valence-corrected chi connectivity index (χ2v) is 11.6. The van der Waals surface area contributed by atoms with E-state index in [0.717, 1.165) is 35.6 Å². The Balaban J connectivity index is 1.16. The Morgan fingerprint density at radius 3 is 2.70 bits per heavy atom. The van der Waals surface area contributed by atoms with E-state index in [1.54, 1.807) is 41.6 Å². The summed E-state index contributed by atoms with van der Waals surface area (Å²) in [6.45, 7) is 4.17. The Hall–Kier alpha value is -4.59. The molecule has 13 heteroatoms. The highest BCUT2D eigenvalue weighted by Crippen LogP contribution is 2.40. The molecular formula is C30H28FN9O2S. The minimum Gasteiger partial charge on any atom is -0.395 e. The number of hydrogen-bond donors (Lipinski definition) is 3. The van der Waals surface area contributed by atoms with Gasteiger partial charge in [-0.1, -0.05) is 11.8 Å². The number of nitrogens with one attached hydrogen (secondary N) is 2. The average molecular weight is 598 g/mol. The first kappa shape index (κ1) is 27.3. The molecule has 218 valence electrons. The van der Waals surface area contributed by atoms with E-state index in [-0.39, 0.29) is 29.7 Å². The highest BCUT2D eigenvalue weighted by Gasteiger charge is 2.31. The molecular weight excluding hydrogens is 569 g/mol. The van der Waals surface area contributed by atoms with Crippen LogP contribution in [0.15, 0.2) is 84.1 Å². The number of benzene rings is 1. The van der Waals surface area contributed by atoms with Crippen LogP contribution in [0.2, 0.25) is 0 Å². The van der Waals surface area contributed by atoms with Gasteiger partial charge in [-0.15, -0.1) is 0 Å². The Morgan fingerprint density at radius 2 is 1.93 bits per heavy atom. The maximum absolute atomic E-state index is 13.7. The minimum atomic E-state index is -0.318. The van der Waals surface area contributed by atoms with E-state index in [1.807, 2.05) is 31.2 Å². The third-order valence-electron chi connectivity index (χ3n) is 7.60. The molecule has 6 heterocycles. The molecule has 2 aliphatic heterocycles. The zero-order valence-electron chi connectivity index (χ0n) is 23.2. The van der Waals surface area contributed by atoms with Gasteiger partial charge in [0.05, 0.1) is 41.5 Å². The fraction of sp³-hybridized carbons (Fsp3) is 0.233. The quantitative estimate of drug-likeness (QED) is 0.245. The molecule has 7 rings (SSSR count). The largest absolute Gasteiger partial charge is 0.395 e. The first-order chi connectivity index (χ1) is 21.0. The van der Waals surface area contributed by atoms with Gasteiger partial charge in [-0.2, -0.15) is 5.10 Å². The zero-order valence-corrected chi connectivity index (χ0v) is 24.0. The molecule has 2 aliphatic rings. The van der Waals surface area contributed by atoms with E-state index < -0.39 is 0 Å². The van der Waals surface area contributed by atoms with Gasteiger partial charge in [-0.25, -0.2) is 18.9 Å². The molecule has 4 aromatic heterocycles. The number of amides is 1. The van der Waals surface area contributed by atoms with Crippen LogP contribution < -0.4 is 10.6 Å². The van der Waals surface area contributed by atoms with Gasteiger partial charge >= 0.3 is 0 Å². The highest BCUT2D eigenvalue weighted by atomic mass is 32.2. The van der Waals surface area contributed by atoms with E-state index >= 15 is 0 Å². The van der Waals surface area contributed by atoms with Crippen molar-refractivity contribution in [1.82, 2.24) is 39.3 Å². The summed E-state index contributed by atoms with van der Waals surface area (Å²) in [6.07, 6.45) is 6.95. The number of aliphatic hydroxyl groups excluding tert-OH is 1. The van der Waals surface area contributed by atoms with E-state index in [2.05, 4.69) is 30.1 Å². The normalized spacial score (nSPS) is 17.3. The first-order valence-corrected chi connectivity index (χ1v) is 14.7. The Morgan fingerprint density at radius 1 is 1.14 bits per heavy atom. The molecule has 1 saturated heterocycles. The number of thioether (sulfide) groups is 1. The number of fused-ring (bicyclic) bond motifs is 1. The molecule has 1 atom stereocenters. The summed E-state index contributed by atoms with van der Waals surface area (Å²) in [5.41, 5.74) is 5.34. The SMILES string of the molecule is CC1=C(C(=O)Nc2cn3nc(-c4c(-c5ccc(F)cc5)ncn4C4CN(CCO)C4)ccc3n2)SC(c2ccncc2)N1. The molecule has 0 aliphatic carbocycles. The van der Waals surface area contributed by atoms with Crippen molar-refractivity contribution in [1.29, 1.82) is 0 Å². The molecule has 1 aromatic carbocycles. The molecule has 0 spiro atoms. The number of carbonyl (C=O) groups is 1. The number of aliphatic hydroxyl groups is 1. The lowest BCUT2D eigenvalue weighted by atomic mass is 10.1. The number of anilines is 1. The number of rotatable bonds is 8. The molecule has 0 radical (unpaired) electrons. The number of β-amino-alcohol motifs (C(OH)–C–C–N with tert-alkyl or cyclic N) is 1. The van der Waals surface area contributed by atoms with E-state index in [0.29, 0.717) is 34.3 Å². The van der Waals surface area contributed by atoms with E-state index in [9.17, 15) is 14.3 Å². The van der Waals surface area contributed by atoms with Crippen LogP contribution in [-0.2, 0) is 4.79 Å². The van der Waals surface area contributed by atoms with E-state index in [4.69, 9.17) is 10.1 Å². The van der Waals surface area contributed by atoms with Crippen LogP contribution in [0, 0.1) is 5.82 Å². The Kier molecular flexibility index (Phi) is 7.13. The fourth-order valence-electron chi connectivity index (χ4n) is 5.41. The van der Waals surface area contributed by atoms with Crippen LogP contribution in [0.25, 0.3) is 28.3 Å². The lowest BCUT2D eigenvalue weighted by Crippen LogP contribution is -2.48. The Labute approximate surface area is 250 Å². The maximum Gasteiger partial charge on any atom is 0.265 e. The van der Waals surface area contributed by atoms with Gasteiger partial charge < -0.3 is 20.3 Å². The van der Waals surface area contributed by atoms with Gasteiger partial charge in [0, 0.05) is 43.3 Å². The fourth-order valence-corrected chi connectivity index (χ4v) is 6.56. The molecule has 1 fully saturated rings. The number of aromatic nitrogens is 6. The summed E-state index contributed by atoms with van der Waals surface area (Å²) >= 11 is 1.45.